The van der Waals surface area contributed by atoms with E-state index in [4.69, 9.17) is 17.2 Å². The molecule has 0 saturated heterocycles. The molecule has 4 heteroatoms. The average Bonchev–Trinajstić information content (AvgIpc) is 1.53. The summed E-state index contributed by atoms with van der Waals surface area (Å²) < 4.78 is 0. The number of guanidine groups is 1. The van der Waals surface area contributed by atoms with Crippen LogP contribution in [0.1, 0.15) is 27.2 Å². The zero-order valence-corrected chi connectivity index (χ0v) is 7.46. The van der Waals surface area contributed by atoms with E-state index in [1.165, 1.54) is 0 Å². The van der Waals surface area contributed by atoms with Crippen molar-refractivity contribution >= 4 is 5.96 Å². The van der Waals surface area contributed by atoms with Crippen LogP contribution in [0.3, 0.4) is 0 Å². The summed E-state index contributed by atoms with van der Waals surface area (Å²) >= 11 is 0. The lowest BCUT2D eigenvalue weighted by Gasteiger charge is -2.21. The van der Waals surface area contributed by atoms with E-state index in [9.17, 15) is 0 Å². The van der Waals surface area contributed by atoms with Crippen molar-refractivity contribution in [1.29, 1.82) is 0 Å². The van der Waals surface area contributed by atoms with Gasteiger partial charge in [0.05, 0.1) is 0 Å². The molecule has 0 aliphatic rings. The summed E-state index contributed by atoms with van der Waals surface area (Å²) in [5, 5.41) is 0. The average molecular weight is 158 g/mol. The topological polar surface area (TPSA) is 90.4 Å². The Kier molecular flexibility index (Phi) is 3.32. The monoisotopic (exact) mass is 158 g/mol. The summed E-state index contributed by atoms with van der Waals surface area (Å²) in [6.45, 7) is 5.97. The maximum absolute atomic E-state index is 5.77. The highest BCUT2D eigenvalue weighted by Gasteiger charge is 2.18. The highest BCUT2D eigenvalue weighted by atomic mass is 15.1. The van der Waals surface area contributed by atoms with Crippen LogP contribution in [0.4, 0.5) is 0 Å². The molecule has 0 aliphatic heterocycles. The fraction of sp³-hybridized carbons (Fsp3) is 0.857. The van der Waals surface area contributed by atoms with Crippen molar-refractivity contribution in [1.82, 2.24) is 0 Å². The Bertz CT molecular complexity index is 145. The maximum atomic E-state index is 5.77. The second kappa shape index (κ2) is 3.57. The molecule has 0 aromatic heterocycles. The van der Waals surface area contributed by atoms with Gasteiger partial charge in [-0.25, -0.2) is 4.99 Å². The Labute approximate surface area is 67.8 Å². The SMILES string of the molecule is CC(C)CC(C)(N)N=C(N)N. The van der Waals surface area contributed by atoms with Crippen LogP contribution in [-0.4, -0.2) is 11.6 Å². The van der Waals surface area contributed by atoms with Crippen molar-refractivity contribution in [3.8, 4) is 0 Å². The second-order valence-corrected chi connectivity index (χ2v) is 3.49. The molecule has 0 aromatic carbocycles. The van der Waals surface area contributed by atoms with Gasteiger partial charge in [-0.1, -0.05) is 13.8 Å². The molecule has 0 bridgehead atoms. The fourth-order valence-electron chi connectivity index (χ4n) is 1.17. The van der Waals surface area contributed by atoms with Gasteiger partial charge in [-0.05, 0) is 19.3 Å². The molecule has 0 spiro atoms. The summed E-state index contributed by atoms with van der Waals surface area (Å²) in [5.74, 6) is 0.545. The van der Waals surface area contributed by atoms with Crippen molar-refractivity contribution in [2.75, 3.05) is 0 Å². The van der Waals surface area contributed by atoms with Crippen molar-refractivity contribution in [3.05, 3.63) is 0 Å². The molecule has 0 fully saturated rings. The summed E-state index contributed by atoms with van der Waals surface area (Å²) in [4.78, 5) is 3.90. The normalized spacial score (nSPS) is 16.1. The molecule has 1 atom stereocenters. The number of hydrogen-bond donors (Lipinski definition) is 3. The predicted molar refractivity (Wildman–Crippen MR) is 47.9 cm³/mol. The molecule has 4 nitrogen and oxygen atoms in total. The molecule has 0 radical (unpaired) electrons. The van der Waals surface area contributed by atoms with Crippen LogP contribution in [0.2, 0.25) is 0 Å². The van der Waals surface area contributed by atoms with Gasteiger partial charge in [-0.3, -0.25) is 0 Å². The van der Waals surface area contributed by atoms with Gasteiger partial charge in [-0.15, -0.1) is 0 Å². The van der Waals surface area contributed by atoms with E-state index < -0.39 is 5.66 Å². The Morgan fingerprint density at radius 1 is 1.45 bits per heavy atom. The second-order valence-electron chi connectivity index (χ2n) is 3.49. The molecule has 0 amide bonds. The molecule has 0 aromatic rings. The first-order valence-corrected chi connectivity index (χ1v) is 3.73. The van der Waals surface area contributed by atoms with Gasteiger partial charge in [0.25, 0.3) is 0 Å². The minimum Gasteiger partial charge on any atom is -0.370 e. The first-order valence-electron chi connectivity index (χ1n) is 3.73. The highest BCUT2D eigenvalue weighted by molar-refractivity contribution is 5.76. The van der Waals surface area contributed by atoms with E-state index in [-0.39, 0.29) is 5.96 Å². The third-order valence-corrected chi connectivity index (χ3v) is 1.21. The van der Waals surface area contributed by atoms with Crippen molar-refractivity contribution < 1.29 is 0 Å². The molecular weight excluding hydrogens is 140 g/mol. The van der Waals surface area contributed by atoms with Gasteiger partial charge in [0.1, 0.15) is 5.66 Å². The highest BCUT2D eigenvalue weighted by Crippen LogP contribution is 2.13. The first kappa shape index (κ1) is 10.2. The zero-order chi connectivity index (χ0) is 9.07. The van der Waals surface area contributed by atoms with E-state index in [2.05, 4.69) is 18.8 Å². The first-order chi connectivity index (χ1) is 4.83. The van der Waals surface area contributed by atoms with Gasteiger partial charge < -0.3 is 17.2 Å². The molecule has 66 valence electrons. The number of nitrogens with two attached hydrogens (primary N) is 3. The minimum absolute atomic E-state index is 0.0515. The molecule has 0 rings (SSSR count). The molecule has 11 heavy (non-hydrogen) atoms. The molecular formula is C7H18N4. The molecule has 6 N–H and O–H groups in total. The zero-order valence-electron chi connectivity index (χ0n) is 7.46. The Hall–Kier alpha value is -0.770. The van der Waals surface area contributed by atoms with Crippen LogP contribution in [0.25, 0.3) is 0 Å². The summed E-state index contributed by atoms with van der Waals surface area (Å²) in [5.41, 5.74) is 15.6. The molecule has 0 heterocycles. The summed E-state index contributed by atoms with van der Waals surface area (Å²) in [7, 11) is 0. The van der Waals surface area contributed by atoms with Crippen LogP contribution >= 0.6 is 0 Å². The standard InChI is InChI=1S/C7H18N4/c1-5(2)4-7(3,10)11-6(8)9/h5H,4,10H2,1-3H3,(H4,8,9,11). The number of aliphatic imine (C=N–C) groups is 1. The van der Waals surface area contributed by atoms with Crippen LogP contribution in [0.15, 0.2) is 4.99 Å². The predicted octanol–water partition coefficient (Wildman–Crippen LogP) is -0.0192. The third kappa shape index (κ3) is 5.66. The van der Waals surface area contributed by atoms with E-state index in [0.29, 0.717) is 5.92 Å². The van der Waals surface area contributed by atoms with Gasteiger partial charge in [0, 0.05) is 0 Å². The minimum atomic E-state index is -0.618. The third-order valence-electron chi connectivity index (χ3n) is 1.21. The van der Waals surface area contributed by atoms with Crippen molar-refractivity contribution in [3.63, 3.8) is 0 Å². The van der Waals surface area contributed by atoms with Crippen LogP contribution in [0.5, 0.6) is 0 Å². The summed E-state index contributed by atoms with van der Waals surface area (Å²) in [6, 6.07) is 0. The Balaban J connectivity index is 4.11. The van der Waals surface area contributed by atoms with E-state index in [1.54, 1.807) is 0 Å². The Morgan fingerprint density at radius 3 is 2.18 bits per heavy atom. The lowest BCUT2D eigenvalue weighted by molar-refractivity contribution is 0.384. The maximum Gasteiger partial charge on any atom is 0.187 e. The largest absolute Gasteiger partial charge is 0.370 e. The van der Waals surface area contributed by atoms with Gasteiger partial charge in [0.2, 0.25) is 0 Å². The van der Waals surface area contributed by atoms with Gasteiger partial charge >= 0.3 is 0 Å². The van der Waals surface area contributed by atoms with Crippen LogP contribution < -0.4 is 17.2 Å². The van der Waals surface area contributed by atoms with Crippen LogP contribution in [-0.2, 0) is 0 Å². The van der Waals surface area contributed by atoms with Crippen LogP contribution in [0, 0.1) is 5.92 Å². The number of rotatable bonds is 3. The number of hydrogen-bond acceptors (Lipinski definition) is 2. The van der Waals surface area contributed by atoms with Crippen molar-refractivity contribution in [2.45, 2.75) is 32.9 Å². The fourth-order valence-corrected chi connectivity index (χ4v) is 1.17. The van der Waals surface area contributed by atoms with Gasteiger partial charge in [0.15, 0.2) is 5.96 Å². The smallest absolute Gasteiger partial charge is 0.187 e. The lowest BCUT2D eigenvalue weighted by atomic mass is 10.0. The van der Waals surface area contributed by atoms with Gasteiger partial charge in [-0.2, -0.15) is 0 Å². The Morgan fingerprint density at radius 2 is 1.91 bits per heavy atom. The number of nitrogens with zero attached hydrogens (tertiary/aromatic N) is 1. The van der Waals surface area contributed by atoms with E-state index in [0.717, 1.165) is 6.42 Å². The van der Waals surface area contributed by atoms with E-state index in [1.807, 2.05) is 6.92 Å². The van der Waals surface area contributed by atoms with E-state index >= 15 is 0 Å². The molecule has 1 unspecified atom stereocenters. The quantitative estimate of drug-likeness (QED) is 0.398. The lowest BCUT2D eigenvalue weighted by Crippen LogP contribution is -2.39. The van der Waals surface area contributed by atoms with Crippen molar-refractivity contribution in [2.24, 2.45) is 28.1 Å². The molecule has 0 aliphatic carbocycles. The molecule has 0 saturated carbocycles. The summed E-state index contributed by atoms with van der Waals surface area (Å²) in [6.07, 6.45) is 0.783.